The Morgan fingerprint density at radius 3 is 2.60 bits per heavy atom. The van der Waals surface area contributed by atoms with E-state index in [0.717, 1.165) is 11.8 Å². The Balaban J connectivity index is 1.88. The molecule has 0 bridgehead atoms. The van der Waals surface area contributed by atoms with Gasteiger partial charge in [-0.2, -0.15) is 0 Å². The van der Waals surface area contributed by atoms with Crippen LogP contribution in [0.5, 0.6) is 0 Å². The highest BCUT2D eigenvalue weighted by Crippen LogP contribution is 2.21. The summed E-state index contributed by atoms with van der Waals surface area (Å²) in [5.41, 5.74) is 2.19. The molecule has 226 valence electrons. The summed E-state index contributed by atoms with van der Waals surface area (Å²) < 4.78 is 20.6. The number of anilines is 1. The van der Waals surface area contributed by atoms with E-state index in [2.05, 4.69) is 30.3 Å². The first-order chi connectivity index (χ1) is 19.8. The van der Waals surface area contributed by atoms with E-state index in [1.165, 1.54) is 22.7 Å². The predicted molar refractivity (Wildman–Crippen MR) is 157 cm³/mol. The van der Waals surface area contributed by atoms with Crippen molar-refractivity contribution in [1.29, 1.82) is 0 Å². The maximum Gasteiger partial charge on any atom is 0.407 e. The summed E-state index contributed by atoms with van der Waals surface area (Å²) in [4.78, 5) is 63.6. The number of ether oxygens (including phenoxy) is 1. The number of likely N-dealkylation sites (N-methyl/N-ethyl adjacent to an activating group) is 1. The molecule has 3 N–H and O–H groups in total. The van der Waals surface area contributed by atoms with Crippen molar-refractivity contribution in [3.8, 4) is 0 Å². The van der Waals surface area contributed by atoms with Gasteiger partial charge in [-0.3, -0.25) is 19.4 Å². The van der Waals surface area contributed by atoms with Gasteiger partial charge in [-0.05, 0) is 56.7 Å². The fraction of sp³-hybridized carbons (Fsp3) is 0.448. The van der Waals surface area contributed by atoms with Gasteiger partial charge in [-0.15, -0.1) is 0 Å². The van der Waals surface area contributed by atoms with Crippen molar-refractivity contribution in [3.63, 3.8) is 0 Å². The molecule has 1 unspecified atom stereocenters. The second kappa shape index (κ2) is 13.9. The number of aryl methyl sites for hydroxylation is 1. The van der Waals surface area contributed by atoms with Gasteiger partial charge in [0.05, 0.1) is 31.1 Å². The number of carbonyl (C=O) groups excluding carboxylic acids is 3. The number of aromatic amines is 1. The molecule has 3 aromatic heterocycles. The summed E-state index contributed by atoms with van der Waals surface area (Å²) in [5.74, 6) is -0.757. The van der Waals surface area contributed by atoms with Crippen LogP contribution in [0, 0.1) is 25.6 Å². The van der Waals surface area contributed by atoms with E-state index in [-0.39, 0.29) is 30.1 Å². The van der Waals surface area contributed by atoms with E-state index in [1.807, 2.05) is 13.8 Å². The number of nitrogens with one attached hydrogen (secondary N) is 3. The van der Waals surface area contributed by atoms with E-state index in [4.69, 9.17) is 0 Å². The van der Waals surface area contributed by atoms with Crippen LogP contribution < -0.4 is 16.2 Å². The monoisotopic (exact) mass is 583 g/mol. The van der Waals surface area contributed by atoms with Crippen LogP contribution in [0.4, 0.5) is 14.9 Å². The summed E-state index contributed by atoms with van der Waals surface area (Å²) >= 11 is 0. The molecule has 3 amide bonds. The number of hydrogen-bond acceptors (Lipinski definition) is 7. The minimum absolute atomic E-state index is 0.000999. The third-order valence-corrected chi connectivity index (χ3v) is 6.70. The van der Waals surface area contributed by atoms with Crippen molar-refractivity contribution in [2.24, 2.45) is 5.92 Å². The Morgan fingerprint density at radius 1 is 1.24 bits per heavy atom. The second-order valence-corrected chi connectivity index (χ2v) is 10.7. The largest absolute Gasteiger partial charge is 0.453 e. The quantitative estimate of drug-likeness (QED) is 0.293. The van der Waals surface area contributed by atoms with Gasteiger partial charge in [0.15, 0.2) is 5.82 Å². The molecule has 1 atom stereocenters. The number of allylic oxidation sites excluding steroid dienone is 1. The summed E-state index contributed by atoms with van der Waals surface area (Å²) in [6.45, 7) is 7.63. The number of carbonyl (C=O) groups is 3. The summed E-state index contributed by atoms with van der Waals surface area (Å²) in [6, 6.07) is 0.510. The fourth-order valence-corrected chi connectivity index (χ4v) is 4.29. The number of hydrogen-bond donors (Lipinski definition) is 3. The molecule has 42 heavy (non-hydrogen) atoms. The van der Waals surface area contributed by atoms with Crippen LogP contribution in [0.25, 0.3) is 11.0 Å². The molecule has 3 aromatic rings. The van der Waals surface area contributed by atoms with Crippen molar-refractivity contribution in [3.05, 3.63) is 63.4 Å². The van der Waals surface area contributed by atoms with Crippen LogP contribution in [0.1, 0.15) is 49.5 Å². The molecule has 3 heterocycles. The van der Waals surface area contributed by atoms with E-state index < -0.39 is 29.4 Å². The Morgan fingerprint density at radius 2 is 1.95 bits per heavy atom. The van der Waals surface area contributed by atoms with Crippen LogP contribution in [0.3, 0.4) is 0 Å². The summed E-state index contributed by atoms with van der Waals surface area (Å²) in [7, 11) is 4.41. The maximum absolute atomic E-state index is 14.5. The number of methoxy groups -OCH3 is 1. The highest BCUT2D eigenvalue weighted by atomic mass is 19.1. The number of aromatic nitrogens is 4. The molecule has 0 spiro atoms. The summed E-state index contributed by atoms with van der Waals surface area (Å²) in [6.07, 6.45) is 4.38. The van der Waals surface area contributed by atoms with Gasteiger partial charge in [-0.25, -0.2) is 14.2 Å². The van der Waals surface area contributed by atoms with Crippen molar-refractivity contribution in [2.75, 3.05) is 26.5 Å². The normalized spacial score (nSPS) is 12.1. The average Bonchev–Trinajstić information content (AvgIpc) is 3.37. The molecule has 3 rings (SSSR count). The Bertz CT molecular complexity index is 1560. The first-order valence-corrected chi connectivity index (χ1v) is 13.6. The lowest BCUT2D eigenvalue weighted by molar-refractivity contribution is -0.123. The van der Waals surface area contributed by atoms with Crippen LogP contribution >= 0.6 is 0 Å². The lowest BCUT2D eigenvalue weighted by atomic mass is 10.1. The molecule has 0 saturated heterocycles. The molecular weight excluding hydrogens is 545 g/mol. The van der Waals surface area contributed by atoms with Gasteiger partial charge in [0.25, 0.3) is 5.56 Å². The molecule has 13 heteroatoms. The number of H-pyrrole nitrogens is 1. The number of rotatable bonds is 11. The SMILES string of the molecule is COC(=O)NC(CC/C=C/C(=O)N(C)C)C(=O)Nc1cc(C)c(C)n(Cc2nc3c(F)cnc(CC(C)C)c3[nH]2)c1=O. The topological polar surface area (TPSA) is 151 Å². The third kappa shape index (κ3) is 7.80. The van der Waals surface area contributed by atoms with Gasteiger partial charge in [-0.1, -0.05) is 19.9 Å². The minimum atomic E-state index is -1.05. The lowest BCUT2D eigenvalue weighted by Crippen LogP contribution is -2.44. The van der Waals surface area contributed by atoms with E-state index in [9.17, 15) is 23.6 Å². The molecule has 0 saturated carbocycles. The number of alkyl carbamates (subject to hydrolysis) is 1. The predicted octanol–water partition coefficient (Wildman–Crippen LogP) is 3.21. The van der Waals surface area contributed by atoms with Crippen LogP contribution in [-0.4, -0.2) is 69.6 Å². The number of amides is 3. The Kier molecular flexibility index (Phi) is 10.6. The molecular formula is C29H38FN7O5. The number of halogens is 1. The van der Waals surface area contributed by atoms with Gasteiger partial charge in [0, 0.05) is 19.8 Å². The van der Waals surface area contributed by atoms with Crippen molar-refractivity contribution >= 4 is 34.6 Å². The van der Waals surface area contributed by atoms with Crippen LogP contribution in [0.2, 0.25) is 0 Å². The summed E-state index contributed by atoms with van der Waals surface area (Å²) in [5, 5.41) is 5.09. The molecule has 0 aromatic carbocycles. The lowest BCUT2D eigenvalue weighted by Gasteiger charge is -2.19. The zero-order chi connectivity index (χ0) is 31.1. The molecule has 0 aliphatic rings. The second-order valence-electron chi connectivity index (χ2n) is 10.7. The molecule has 12 nitrogen and oxygen atoms in total. The number of imidazole rings is 1. The zero-order valence-corrected chi connectivity index (χ0v) is 25.0. The fourth-order valence-electron chi connectivity index (χ4n) is 4.29. The third-order valence-electron chi connectivity index (χ3n) is 6.70. The number of fused-ring (bicyclic) bond motifs is 1. The maximum atomic E-state index is 14.5. The zero-order valence-electron chi connectivity index (χ0n) is 25.0. The van der Waals surface area contributed by atoms with Crippen LogP contribution in [-0.2, 0) is 27.3 Å². The van der Waals surface area contributed by atoms with Gasteiger partial charge >= 0.3 is 6.09 Å². The molecule has 0 aliphatic heterocycles. The molecule has 0 radical (unpaired) electrons. The Labute approximate surface area is 243 Å². The first-order valence-electron chi connectivity index (χ1n) is 13.6. The van der Waals surface area contributed by atoms with Gasteiger partial charge in [0.2, 0.25) is 11.8 Å². The van der Waals surface area contributed by atoms with E-state index >= 15 is 0 Å². The highest BCUT2D eigenvalue weighted by molar-refractivity contribution is 5.96. The van der Waals surface area contributed by atoms with Gasteiger partial charge in [0.1, 0.15) is 23.1 Å². The van der Waals surface area contributed by atoms with Crippen molar-refractivity contribution < 1.29 is 23.5 Å². The molecule has 0 fully saturated rings. The van der Waals surface area contributed by atoms with Crippen LogP contribution in [0.15, 0.2) is 29.2 Å². The first kappa shape index (κ1) is 32.0. The van der Waals surface area contributed by atoms with E-state index in [0.29, 0.717) is 41.5 Å². The smallest absolute Gasteiger partial charge is 0.407 e. The number of pyridine rings is 2. The standard InChI is InChI=1S/C29H38FN7O5/c1-16(2)12-21-26-25(19(30)14-31-21)34-23(35-26)15-37-18(4)17(3)13-22(28(37)40)32-27(39)20(33-29(41)42-7)10-8-9-11-24(38)36(5)6/h9,11,13-14,16,20H,8,10,12,15H2,1-7H3,(H,32,39)(H,33,41)(H,34,35)/b11-9+. The number of nitrogens with zero attached hydrogens (tertiary/aromatic N) is 4. The Hall–Kier alpha value is -4.55. The van der Waals surface area contributed by atoms with Crippen molar-refractivity contribution in [2.45, 2.75) is 59.5 Å². The van der Waals surface area contributed by atoms with Crippen molar-refractivity contribution in [1.82, 2.24) is 29.7 Å². The molecule has 0 aliphatic carbocycles. The minimum Gasteiger partial charge on any atom is -0.453 e. The highest BCUT2D eigenvalue weighted by Gasteiger charge is 2.23. The van der Waals surface area contributed by atoms with E-state index in [1.54, 1.807) is 40.1 Å². The van der Waals surface area contributed by atoms with Gasteiger partial charge < -0.3 is 29.8 Å². The average molecular weight is 584 g/mol.